The molecule has 164 valence electrons. The van der Waals surface area contributed by atoms with Gasteiger partial charge in [0.05, 0.1) is 66.1 Å². The summed E-state index contributed by atoms with van der Waals surface area (Å²) >= 11 is 0. The minimum Gasteiger partial charge on any atom is -0.457 e. The number of carbonyl (C=O) groups is 2. The van der Waals surface area contributed by atoms with Crippen LogP contribution in [0.1, 0.15) is 10.4 Å². The van der Waals surface area contributed by atoms with Crippen LogP contribution in [-0.2, 0) is 33.2 Å². The van der Waals surface area contributed by atoms with Gasteiger partial charge >= 0.3 is 5.97 Å². The van der Waals surface area contributed by atoms with Crippen LogP contribution in [0.15, 0.2) is 30.3 Å². The van der Waals surface area contributed by atoms with E-state index in [1.165, 1.54) is 0 Å². The molecule has 0 bridgehead atoms. The molecule has 0 aromatic heterocycles. The molecule has 1 rings (SSSR count). The molecule has 0 spiro atoms. The third kappa shape index (κ3) is 13.8. The molecule has 0 aliphatic carbocycles. The predicted octanol–water partition coefficient (Wildman–Crippen LogP) is 1.47. The van der Waals surface area contributed by atoms with Crippen LogP contribution in [0.25, 0.3) is 0 Å². The van der Waals surface area contributed by atoms with Gasteiger partial charge in [-0.3, -0.25) is 4.79 Å². The lowest BCUT2D eigenvalue weighted by atomic mass is 10.1. The van der Waals surface area contributed by atoms with Crippen molar-refractivity contribution in [2.75, 3.05) is 79.4 Å². The molecule has 0 heterocycles. The molecule has 0 atom stereocenters. The van der Waals surface area contributed by atoms with E-state index in [2.05, 4.69) is 0 Å². The SMILES string of the molecule is O=C(OCCOCCOCCOCCOCCOCCF)C(=O)c1ccccc1. The summed E-state index contributed by atoms with van der Waals surface area (Å²) in [5, 5.41) is 0. The molecule has 0 aliphatic rings. The van der Waals surface area contributed by atoms with Gasteiger partial charge in [0, 0.05) is 5.56 Å². The number of hydrogen-bond donors (Lipinski definition) is 0. The van der Waals surface area contributed by atoms with Gasteiger partial charge in [-0.2, -0.15) is 0 Å². The second-order valence-electron chi connectivity index (χ2n) is 5.58. The fourth-order valence-electron chi connectivity index (χ4n) is 2.00. The Morgan fingerprint density at radius 2 is 1.03 bits per heavy atom. The van der Waals surface area contributed by atoms with Crippen LogP contribution in [0.3, 0.4) is 0 Å². The molecule has 29 heavy (non-hydrogen) atoms. The fraction of sp³-hybridized carbons (Fsp3) is 0.600. The average Bonchev–Trinajstić information content (AvgIpc) is 2.75. The molecule has 0 saturated carbocycles. The molecule has 0 aliphatic heterocycles. The van der Waals surface area contributed by atoms with Crippen molar-refractivity contribution in [3.8, 4) is 0 Å². The molecule has 8 nitrogen and oxygen atoms in total. The molecule has 0 radical (unpaired) electrons. The molecule has 1 aromatic rings. The van der Waals surface area contributed by atoms with E-state index in [1.807, 2.05) is 0 Å². The van der Waals surface area contributed by atoms with Crippen LogP contribution in [-0.4, -0.2) is 91.1 Å². The van der Waals surface area contributed by atoms with E-state index in [-0.39, 0.29) is 19.8 Å². The lowest BCUT2D eigenvalue weighted by molar-refractivity contribution is -0.139. The van der Waals surface area contributed by atoms with Gasteiger partial charge in [-0.25, -0.2) is 9.18 Å². The lowest BCUT2D eigenvalue weighted by Crippen LogP contribution is -2.20. The Bertz CT molecular complexity index is 541. The first-order valence-electron chi connectivity index (χ1n) is 9.47. The first kappa shape index (κ1) is 25.1. The first-order valence-corrected chi connectivity index (χ1v) is 9.47. The van der Waals surface area contributed by atoms with Crippen molar-refractivity contribution >= 4 is 11.8 Å². The lowest BCUT2D eigenvalue weighted by Gasteiger charge is -2.08. The monoisotopic (exact) mass is 416 g/mol. The van der Waals surface area contributed by atoms with Gasteiger partial charge in [0.1, 0.15) is 13.3 Å². The summed E-state index contributed by atoms with van der Waals surface area (Å²) in [4.78, 5) is 23.4. The van der Waals surface area contributed by atoms with E-state index < -0.39 is 18.4 Å². The summed E-state index contributed by atoms with van der Waals surface area (Å²) in [7, 11) is 0. The quantitative estimate of drug-likeness (QED) is 0.145. The highest BCUT2D eigenvalue weighted by atomic mass is 19.1. The number of halogens is 1. The highest BCUT2D eigenvalue weighted by Gasteiger charge is 2.16. The van der Waals surface area contributed by atoms with Gasteiger partial charge in [0.15, 0.2) is 0 Å². The number of esters is 1. The van der Waals surface area contributed by atoms with Gasteiger partial charge in [0.25, 0.3) is 5.78 Å². The number of ketones is 1. The van der Waals surface area contributed by atoms with Crippen LogP contribution in [0.4, 0.5) is 4.39 Å². The zero-order valence-corrected chi connectivity index (χ0v) is 16.5. The van der Waals surface area contributed by atoms with Crippen LogP contribution >= 0.6 is 0 Å². The number of ether oxygens (including phenoxy) is 6. The molecule has 0 saturated heterocycles. The minimum atomic E-state index is -0.899. The second-order valence-corrected chi connectivity index (χ2v) is 5.58. The molecular formula is C20H29FO8. The van der Waals surface area contributed by atoms with Crippen LogP contribution in [0, 0.1) is 0 Å². The summed E-state index contributed by atoms with van der Waals surface area (Å²) in [6, 6.07) is 8.23. The van der Waals surface area contributed by atoms with Gasteiger partial charge in [-0.15, -0.1) is 0 Å². The van der Waals surface area contributed by atoms with Crippen LogP contribution in [0.2, 0.25) is 0 Å². The van der Waals surface area contributed by atoms with Gasteiger partial charge in [-0.05, 0) is 0 Å². The van der Waals surface area contributed by atoms with E-state index in [9.17, 15) is 14.0 Å². The Kier molecular flexibility index (Phi) is 15.7. The Hall–Kier alpha value is -1.91. The topological polar surface area (TPSA) is 89.5 Å². The van der Waals surface area contributed by atoms with Crippen molar-refractivity contribution < 1.29 is 42.4 Å². The van der Waals surface area contributed by atoms with Crippen LogP contribution < -0.4 is 0 Å². The van der Waals surface area contributed by atoms with Crippen LogP contribution in [0.5, 0.6) is 0 Å². The number of rotatable bonds is 19. The fourth-order valence-corrected chi connectivity index (χ4v) is 2.00. The normalized spacial score (nSPS) is 10.8. The highest BCUT2D eigenvalue weighted by molar-refractivity contribution is 6.40. The standard InChI is InChI=1S/C20H29FO8/c21-6-7-24-8-9-25-10-11-26-12-13-27-14-15-28-16-17-29-20(23)19(22)18-4-2-1-3-5-18/h1-5H,6-17H2. The van der Waals surface area contributed by atoms with Crippen molar-refractivity contribution in [1.82, 2.24) is 0 Å². The summed E-state index contributed by atoms with van der Waals surface area (Å²) < 4.78 is 42.7. The molecule has 0 amide bonds. The third-order valence-corrected chi connectivity index (χ3v) is 3.39. The summed E-state index contributed by atoms with van der Waals surface area (Å²) in [5.41, 5.74) is 0.295. The van der Waals surface area contributed by atoms with Crippen molar-refractivity contribution in [2.45, 2.75) is 0 Å². The number of alkyl halides is 1. The van der Waals surface area contributed by atoms with Gasteiger partial charge in [0.2, 0.25) is 0 Å². The maximum absolute atomic E-state index is 11.8. The maximum atomic E-state index is 11.8. The smallest absolute Gasteiger partial charge is 0.379 e. The van der Waals surface area contributed by atoms with E-state index >= 15 is 0 Å². The maximum Gasteiger partial charge on any atom is 0.379 e. The van der Waals surface area contributed by atoms with Crippen molar-refractivity contribution in [3.63, 3.8) is 0 Å². The number of carbonyl (C=O) groups excluding carboxylic acids is 2. The van der Waals surface area contributed by atoms with E-state index in [0.717, 1.165) is 0 Å². The third-order valence-electron chi connectivity index (χ3n) is 3.39. The van der Waals surface area contributed by atoms with Gasteiger partial charge < -0.3 is 28.4 Å². The molecule has 0 N–H and O–H groups in total. The van der Waals surface area contributed by atoms with Gasteiger partial charge in [-0.1, -0.05) is 30.3 Å². The average molecular weight is 416 g/mol. The largest absolute Gasteiger partial charge is 0.457 e. The van der Waals surface area contributed by atoms with E-state index in [1.54, 1.807) is 30.3 Å². The summed E-state index contributed by atoms with van der Waals surface area (Å²) in [5.74, 6) is -1.58. The molecule has 0 fully saturated rings. The predicted molar refractivity (Wildman–Crippen MR) is 102 cm³/mol. The number of hydrogen-bond acceptors (Lipinski definition) is 8. The molecule has 0 unspecified atom stereocenters. The van der Waals surface area contributed by atoms with E-state index in [0.29, 0.717) is 58.4 Å². The summed E-state index contributed by atoms with van der Waals surface area (Å²) in [6.45, 7) is 3.02. The zero-order chi connectivity index (χ0) is 21.0. The Morgan fingerprint density at radius 1 is 0.621 bits per heavy atom. The molecule has 1 aromatic carbocycles. The van der Waals surface area contributed by atoms with Crippen molar-refractivity contribution in [1.29, 1.82) is 0 Å². The number of Topliss-reactive ketones (excluding diaryl/α,β-unsaturated/α-hetero) is 1. The van der Waals surface area contributed by atoms with E-state index in [4.69, 9.17) is 28.4 Å². The van der Waals surface area contributed by atoms with Crippen molar-refractivity contribution in [3.05, 3.63) is 35.9 Å². The number of benzene rings is 1. The van der Waals surface area contributed by atoms with Crippen molar-refractivity contribution in [2.24, 2.45) is 0 Å². The molecular weight excluding hydrogens is 387 g/mol. The Labute approximate surface area is 170 Å². The Balaban J connectivity index is 1.81. The highest BCUT2D eigenvalue weighted by Crippen LogP contribution is 2.01. The summed E-state index contributed by atoms with van der Waals surface area (Å²) in [6.07, 6.45) is 0. The zero-order valence-electron chi connectivity index (χ0n) is 16.5. The first-order chi connectivity index (χ1) is 14.3. The Morgan fingerprint density at radius 3 is 1.48 bits per heavy atom. The molecule has 9 heteroatoms. The minimum absolute atomic E-state index is 0.000659. The second kappa shape index (κ2) is 18.1.